The predicted octanol–water partition coefficient (Wildman–Crippen LogP) is 2.96. The molecule has 0 aliphatic rings. The third-order valence-electron chi connectivity index (χ3n) is 2.99. The zero-order valence-electron chi connectivity index (χ0n) is 10.3. The van der Waals surface area contributed by atoms with Crippen LogP contribution in [0.3, 0.4) is 0 Å². The van der Waals surface area contributed by atoms with Crippen molar-refractivity contribution in [1.82, 2.24) is 9.55 Å². The van der Waals surface area contributed by atoms with Crippen molar-refractivity contribution in [2.24, 2.45) is 0 Å². The molecule has 98 valence electrons. The van der Waals surface area contributed by atoms with Crippen LogP contribution in [0.15, 0.2) is 57.8 Å². The lowest BCUT2D eigenvalue weighted by molar-refractivity contribution is 0.111. The molecule has 20 heavy (non-hydrogen) atoms. The van der Waals surface area contributed by atoms with Crippen molar-refractivity contribution in [2.45, 2.75) is 0 Å². The van der Waals surface area contributed by atoms with E-state index >= 15 is 0 Å². The van der Waals surface area contributed by atoms with Gasteiger partial charge in [-0.2, -0.15) is 0 Å². The van der Waals surface area contributed by atoms with Crippen LogP contribution in [0.1, 0.15) is 10.6 Å². The number of rotatable bonds is 2. The topological polar surface area (TPSA) is 52.0 Å². The Morgan fingerprint density at radius 1 is 1.05 bits per heavy atom. The van der Waals surface area contributed by atoms with Crippen molar-refractivity contribution in [3.63, 3.8) is 0 Å². The predicted molar refractivity (Wildman–Crippen MR) is 80.4 cm³/mol. The lowest BCUT2D eigenvalue weighted by Crippen LogP contribution is -2.23. The molecule has 3 rings (SSSR count). The van der Waals surface area contributed by atoms with Crippen LogP contribution in [0.4, 0.5) is 0 Å². The molecule has 0 radical (unpaired) electrons. The van der Waals surface area contributed by atoms with Crippen LogP contribution in [0.25, 0.3) is 16.6 Å². The van der Waals surface area contributed by atoms with E-state index < -0.39 is 0 Å². The number of aromatic nitrogens is 2. The van der Waals surface area contributed by atoms with Crippen LogP contribution in [-0.2, 0) is 0 Å². The van der Waals surface area contributed by atoms with Crippen molar-refractivity contribution >= 4 is 33.1 Å². The van der Waals surface area contributed by atoms with Gasteiger partial charge in [-0.05, 0) is 36.4 Å². The van der Waals surface area contributed by atoms with Crippen LogP contribution < -0.4 is 5.56 Å². The van der Waals surface area contributed by atoms with Crippen LogP contribution in [0.2, 0.25) is 0 Å². The molecule has 0 amide bonds. The molecule has 5 heteroatoms. The summed E-state index contributed by atoms with van der Waals surface area (Å²) in [6.45, 7) is 0. The summed E-state index contributed by atoms with van der Waals surface area (Å²) in [5.74, 6) is 0.0935. The monoisotopic (exact) mass is 328 g/mol. The summed E-state index contributed by atoms with van der Waals surface area (Å²) in [6, 6.07) is 14.1. The molecule has 0 aliphatic heterocycles. The van der Waals surface area contributed by atoms with Gasteiger partial charge in [0.05, 0.1) is 16.6 Å². The molecule has 0 unspecified atom stereocenters. The molecule has 1 heterocycles. The second-order valence-corrected chi connectivity index (χ2v) is 5.14. The number of benzene rings is 2. The number of fused-ring (bicyclic) bond motifs is 1. The molecule has 0 fully saturated rings. The van der Waals surface area contributed by atoms with Crippen molar-refractivity contribution in [3.05, 3.63) is 69.2 Å². The first-order valence-electron chi connectivity index (χ1n) is 5.93. The Balaban J connectivity index is 2.39. The zero-order valence-corrected chi connectivity index (χ0v) is 11.9. The number of carbonyl (C=O) groups excluding carboxylic acids is 1. The SMILES string of the molecule is O=Cc1nc2ccccc2c(=O)n1-c1ccc(Br)cc1. The molecule has 2 aromatic carbocycles. The van der Waals surface area contributed by atoms with Crippen LogP contribution in [0.5, 0.6) is 0 Å². The fraction of sp³-hybridized carbons (Fsp3) is 0. The summed E-state index contributed by atoms with van der Waals surface area (Å²) in [7, 11) is 0. The highest BCUT2D eigenvalue weighted by molar-refractivity contribution is 9.10. The Morgan fingerprint density at radius 2 is 1.75 bits per heavy atom. The van der Waals surface area contributed by atoms with E-state index in [1.54, 1.807) is 36.4 Å². The molecule has 0 spiro atoms. The molecule has 3 aromatic rings. The Kier molecular flexibility index (Phi) is 3.20. The van der Waals surface area contributed by atoms with Gasteiger partial charge in [-0.1, -0.05) is 28.1 Å². The fourth-order valence-electron chi connectivity index (χ4n) is 2.07. The number of halogens is 1. The van der Waals surface area contributed by atoms with E-state index in [9.17, 15) is 9.59 Å². The van der Waals surface area contributed by atoms with Gasteiger partial charge >= 0.3 is 0 Å². The maximum Gasteiger partial charge on any atom is 0.266 e. The van der Waals surface area contributed by atoms with Gasteiger partial charge < -0.3 is 0 Å². The molecule has 1 aromatic heterocycles. The Labute approximate surface area is 122 Å². The highest BCUT2D eigenvalue weighted by Crippen LogP contribution is 2.15. The number of carbonyl (C=O) groups is 1. The first-order chi connectivity index (χ1) is 9.70. The summed E-state index contributed by atoms with van der Waals surface area (Å²) >= 11 is 3.34. The average Bonchev–Trinajstić information content (AvgIpc) is 2.48. The van der Waals surface area contributed by atoms with Crippen LogP contribution >= 0.6 is 15.9 Å². The Morgan fingerprint density at radius 3 is 2.45 bits per heavy atom. The van der Waals surface area contributed by atoms with Gasteiger partial charge in [0.1, 0.15) is 0 Å². The van der Waals surface area contributed by atoms with Gasteiger partial charge in [-0.15, -0.1) is 0 Å². The minimum absolute atomic E-state index is 0.0935. The van der Waals surface area contributed by atoms with Crippen molar-refractivity contribution in [3.8, 4) is 5.69 Å². The Bertz CT molecular complexity index is 854. The van der Waals surface area contributed by atoms with Gasteiger partial charge in [0.15, 0.2) is 12.1 Å². The van der Waals surface area contributed by atoms with Gasteiger partial charge in [0.25, 0.3) is 5.56 Å². The number of hydrogen-bond acceptors (Lipinski definition) is 3. The van der Waals surface area contributed by atoms with Gasteiger partial charge in [0, 0.05) is 4.47 Å². The molecule has 4 nitrogen and oxygen atoms in total. The first-order valence-corrected chi connectivity index (χ1v) is 6.73. The molecule has 0 saturated carbocycles. The molecule has 0 aliphatic carbocycles. The van der Waals surface area contributed by atoms with E-state index in [-0.39, 0.29) is 11.4 Å². The van der Waals surface area contributed by atoms with E-state index in [2.05, 4.69) is 20.9 Å². The second kappa shape index (κ2) is 5.02. The van der Waals surface area contributed by atoms with Gasteiger partial charge in [-0.3, -0.25) is 14.2 Å². The average molecular weight is 329 g/mol. The zero-order chi connectivity index (χ0) is 14.1. The molecule has 0 bridgehead atoms. The highest BCUT2D eigenvalue weighted by Gasteiger charge is 2.11. The maximum atomic E-state index is 12.5. The largest absolute Gasteiger partial charge is 0.294 e. The third-order valence-corrected chi connectivity index (χ3v) is 3.52. The lowest BCUT2D eigenvalue weighted by atomic mass is 10.2. The third kappa shape index (κ3) is 2.06. The van der Waals surface area contributed by atoms with Gasteiger partial charge in [0.2, 0.25) is 0 Å². The number of nitrogens with zero attached hydrogens (tertiary/aromatic N) is 2. The summed E-state index contributed by atoms with van der Waals surface area (Å²) in [4.78, 5) is 28.0. The summed E-state index contributed by atoms with van der Waals surface area (Å²) < 4.78 is 2.22. The fourth-order valence-corrected chi connectivity index (χ4v) is 2.33. The minimum atomic E-state index is -0.250. The standard InChI is InChI=1S/C15H9BrN2O2/c16-10-5-7-11(8-6-10)18-14(9-19)17-13-4-2-1-3-12(13)15(18)20/h1-9H. The summed E-state index contributed by atoms with van der Waals surface area (Å²) in [5.41, 5.74) is 0.881. The van der Waals surface area contributed by atoms with E-state index in [1.807, 2.05) is 12.1 Å². The molecular weight excluding hydrogens is 320 g/mol. The van der Waals surface area contributed by atoms with Crippen LogP contribution in [-0.4, -0.2) is 15.8 Å². The van der Waals surface area contributed by atoms with Crippen molar-refractivity contribution in [2.75, 3.05) is 0 Å². The van der Waals surface area contributed by atoms with Gasteiger partial charge in [-0.25, -0.2) is 4.98 Å². The number of aldehydes is 1. The number of para-hydroxylation sites is 1. The smallest absolute Gasteiger partial charge is 0.266 e. The van der Waals surface area contributed by atoms with E-state index in [0.717, 1.165) is 4.47 Å². The summed E-state index contributed by atoms with van der Waals surface area (Å²) in [6.07, 6.45) is 0.593. The van der Waals surface area contributed by atoms with E-state index in [1.165, 1.54) is 4.57 Å². The van der Waals surface area contributed by atoms with E-state index in [4.69, 9.17) is 0 Å². The quantitative estimate of drug-likeness (QED) is 0.679. The highest BCUT2D eigenvalue weighted by atomic mass is 79.9. The van der Waals surface area contributed by atoms with Crippen molar-refractivity contribution < 1.29 is 4.79 Å². The second-order valence-electron chi connectivity index (χ2n) is 4.22. The normalized spacial score (nSPS) is 10.7. The Hall–Kier alpha value is -2.27. The van der Waals surface area contributed by atoms with E-state index in [0.29, 0.717) is 22.9 Å². The van der Waals surface area contributed by atoms with Crippen LogP contribution in [0, 0.1) is 0 Å². The maximum absolute atomic E-state index is 12.5. The molecule has 0 N–H and O–H groups in total. The lowest BCUT2D eigenvalue weighted by Gasteiger charge is -2.09. The molecule has 0 atom stereocenters. The molecular formula is C15H9BrN2O2. The van der Waals surface area contributed by atoms with Crippen molar-refractivity contribution in [1.29, 1.82) is 0 Å². The molecule has 0 saturated heterocycles. The summed E-state index contributed by atoms with van der Waals surface area (Å²) in [5, 5.41) is 0.487. The minimum Gasteiger partial charge on any atom is -0.294 e. The number of hydrogen-bond donors (Lipinski definition) is 0. The first kappa shape index (κ1) is 12.7.